The molecule has 0 saturated heterocycles. The van der Waals surface area contributed by atoms with Crippen molar-refractivity contribution in [1.82, 2.24) is 0 Å². The highest BCUT2D eigenvalue weighted by atomic mass is 79.9. The summed E-state index contributed by atoms with van der Waals surface area (Å²) in [5.41, 5.74) is 5.78. The van der Waals surface area contributed by atoms with Crippen molar-refractivity contribution in [3.8, 4) is 11.8 Å². The molecule has 1 aromatic rings. The van der Waals surface area contributed by atoms with Crippen molar-refractivity contribution in [2.75, 3.05) is 6.54 Å². The molecule has 0 aromatic heterocycles. The van der Waals surface area contributed by atoms with Crippen molar-refractivity contribution in [3.63, 3.8) is 0 Å². The molecule has 0 spiro atoms. The minimum Gasteiger partial charge on any atom is -0.487 e. The van der Waals surface area contributed by atoms with Gasteiger partial charge in [-0.2, -0.15) is 5.26 Å². The molecule has 0 amide bonds. The van der Waals surface area contributed by atoms with Crippen LogP contribution >= 0.6 is 15.9 Å². The van der Waals surface area contributed by atoms with Gasteiger partial charge in [-0.3, -0.25) is 0 Å². The van der Waals surface area contributed by atoms with Crippen LogP contribution in [-0.2, 0) is 0 Å². The molecule has 1 aliphatic carbocycles. The summed E-state index contributed by atoms with van der Waals surface area (Å²) in [6.45, 7) is 0.652. The highest BCUT2D eigenvalue weighted by molar-refractivity contribution is 9.10. The van der Waals surface area contributed by atoms with Crippen LogP contribution in [0.25, 0.3) is 0 Å². The Labute approximate surface area is 107 Å². The van der Waals surface area contributed by atoms with E-state index in [0.29, 0.717) is 12.5 Å². The Balaban J connectivity index is 2.08. The lowest BCUT2D eigenvalue weighted by molar-refractivity contribution is 0.0652. The smallest absolute Gasteiger partial charge is 0.180 e. The van der Waals surface area contributed by atoms with Crippen molar-refractivity contribution in [2.45, 2.75) is 18.9 Å². The molecule has 1 aliphatic rings. The van der Waals surface area contributed by atoms with E-state index in [-0.39, 0.29) is 21.9 Å². The number of nitrogens with two attached hydrogens (primary N) is 1. The lowest BCUT2D eigenvalue weighted by atomic mass is 9.82. The van der Waals surface area contributed by atoms with Gasteiger partial charge in [0.15, 0.2) is 11.6 Å². The number of nitriles is 1. The SMILES string of the molecule is N#Cc1ccc(OC2CC(CN)C2)c(F)c1Br. The zero-order valence-corrected chi connectivity index (χ0v) is 10.7. The molecule has 1 saturated carbocycles. The van der Waals surface area contributed by atoms with E-state index >= 15 is 0 Å². The molecule has 90 valence electrons. The third-order valence-electron chi connectivity index (χ3n) is 2.99. The first-order valence-corrected chi connectivity index (χ1v) is 6.19. The molecule has 2 rings (SSSR count). The molecule has 0 heterocycles. The maximum Gasteiger partial charge on any atom is 0.180 e. The van der Waals surface area contributed by atoms with Gasteiger partial charge in [0.05, 0.1) is 16.1 Å². The monoisotopic (exact) mass is 298 g/mol. The fraction of sp³-hybridized carbons (Fsp3) is 0.417. The lowest BCUT2D eigenvalue weighted by Crippen LogP contribution is -2.37. The van der Waals surface area contributed by atoms with Crippen LogP contribution in [0.2, 0.25) is 0 Å². The molecule has 17 heavy (non-hydrogen) atoms. The minimum atomic E-state index is -0.514. The predicted molar refractivity (Wildman–Crippen MR) is 65.0 cm³/mol. The summed E-state index contributed by atoms with van der Waals surface area (Å²) in [5.74, 6) is 0.168. The van der Waals surface area contributed by atoms with Crippen LogP contribution in [-0.4, -0.2) is 12.6 Å². The Kier molecular flexibility index (Phi) is 3.65. The van der Waals surface area contributed by atoms with E-state index < -0.39 is 5.82 Å². The summed E-state index contributed by atoms with van der Waals surface area (Å²) in [5, 5.41) is 8.74. The summed E-state index contributed by atoms with van der Waals surface area (Å²) >= 11 is 3.05. The van der Waals surface area contributed by atoms with Gasteiger partial charge in [-0.15, -0.1) is 0 Å². The van der Waals surface area contributed by atoms with Crippen molar-refractivity contribution >= 4 is 15.9 Å². The van der Waals surface area contributed by atoms with Crippen molar-refractivity contribution in [3.05, 3.63) is 28.0 Å². The molecule has 0 aliphatic heterocycles. The van der Waals surface area contributed by atoms with E-state index in [2.05, 4.69) is 15.9 Å². The highest BCUT2D eigenvalue weighted by Crippen LogP contribution is 2.34. The molecule has 2 N–H and O–H groups in total. The van der Waals surface area contributed by atoms with Crippen molar-refractivity contribution in [2.24, 2.45) is 11.7 Å². The van der Waals surface area contributed by atoms with E-state index in [0.717, 1.165) is 12.8 Å². The molecule has 3 nitrogen and oxygen atoms in total. The maximum absolute atomic E-state index is 13.8. The van der Waals surface area contributed by atoms with Gasteiger partial charge < -0.3 is 10.5 Å². The fourth-order valence-corrected chi connectivity index (χ4v) is 2.27. The summed E-state index contributed by atoms with van der Waals surface area (Å²) in [4.78, 5) is 0. The Hall–Kier alpha value is -1.12. The average Bonchev–Trinajstić information content (AvgIpc) is 2.28. The Bertz CT molecular complexity index is 466. The maximum atomic E-state index is 13.8. The summed E-state index contributed by atoms with van der Waals surface area (Å²) in [7, 11) is 0. The zero-order chi connectivity index (χ0) is 12.4. The van der Waals surface area contributed by atoms with Crippen LogP contribution in [0, 0.1) is 23.1 Å². The van der Waals surface area contributed by atoms with Gasteiger partial charge >= 0.3 is 0 Å². The van der Waals surface area contributed by atoms with Gasteiger partial charge in [0, 0.05) is 0 Å². The number of ether oxygens (including phenoxy) is 1. The van der Waals surface area contributed by atoms with Crippen molar-refractivity contribution in [1.29, 1.82) is 5.26 Å². The lowest BCUT2D eigenvalue weighted by Gasteiger charge is -2.34. The van der Waals surface area contributed by atoms with Gasteiger partial charge in [-0.1, -0.05) is 0 Å². The number of rotatable bonds is 3. The molecule has 0 atom stereocenters. The third kappa shape index (κ3) is 2.43. The largest absolute Gasteiger partial charge is 0.487 e. The molecule has 0 unspecified atom stereocenters. The predicted octanol–water partition coefficient (Wildman–Crippen LogP) is 2.58. The molecular weight excluding hydrogens is 287 g/mol. The van der Waals surface area contributed by atoms with E-state index in [1.807, 2.05) is 6.07 Å². The Morgan fingerprint density at radius 2 is 2.24 bits per heavy atom. The second kappa shape index (κ2) is 5.03. The highest BCUT2D eigenvalue weighted by Gasteiger charge is 2.30. The number of nitrogens with zero attached hydrogens (tertiary/aromatic N) is 1. The van der Waals surface area contributed by atoms with E-state index in [4.69, 9.17) is 15.7 Å². The van der Waals surface area contributed by atoms with E-state index in [9.17, 15) is 4.39 Å². The summed E-state index contributed by atoms with van der Waals surface area (Å²) < 4.78 is 19.5. The zero-order valence-electron chi connectivity index (χ0n) is 9.12. The van der Waals surface area contributed by atoms with Crippen LogP contribution in [0.1, 0.15) is 18.4 Å². The van der Waals surface area contributed by atoms with E-state index in [1.165, 1.54) is 6.07 Å². The van der Waals surface area contributed by atoms with Crippen LogP contribution in [0.15, 0.2) is 16.6 Å². The van der Waals surface area contributed by atoms with Crippen LogP contribution in [0.5, 0.6) is 5.75 Å². The van der Waals surface area contributed by atoms with Gasteiger partial charge in [0.2, 0.25) is 0 Å². The van der Waals surface area contributed by atoms with Crippen LogP contribution < -0.4 is 10.5 Å². The second-order valence-corrected chi connectivity index (χ2v) is 4.96. The molecule has 0 radical (unpaired) electrons. The average molecular weight is 299 g/mol. The summed E-state index contributed by atoms with van der Waals surface area (Å²) in [6.07, 6.45) is 1.78. The normalized spacial score (nSPS) is 22.7. The van der Waals surface area contributed by atoms with Gasteiger partial charge in [0.25, 0.3) is 0 Å². The first-order valence-electron chi connectivity index (χ1n) is 5.40. The van der Waals surface area contributed by atoms with Gasteiger partial charge in [0.1, 0.15) is 6.07 Å². The minimum absolute atomic E-state index is 0.0397. The molecule has 0 bridgehead atoms. The Morgan fingerprint density at radius 3 is 2.82 bits per heavy atom. The number of hydrogen-bond acceptors (Lipinski definition) is 3. The summed E-state index contributed by atoms with van der Waals surface area (Å²) in [6, 6.07) is 4.94. The molecule has 5 heteroatoms. The first kappa shape index (κ1) is 12.3. The number of benzene rings is 1. The fourth-order valence-electron chi connectivity index (χ4n) is 1.85. The first-order chi connectivity index (χ1) is 8.15. The van der Waals surface area contributed by atoms with Crippen LogP contribution in [0.3, 0.4) is 0 Å². The quantitative estimate of drug-likeness (QED) is 0.933. The molecule has 1 fully saturated rings. The second-order valence-electron chi connectivity index (χ2n) is 4.16. The molecule has 1 aromatic carbocycles. The van der Waals surface area contributed by atoms with Crippen LogP contribution in [0.4, 0.5) is 4.39 Å². The van der Waals surface area contributed by atoms with Gasteiger partial charge in [-0.25, -0.2) is 4.39 Å². The third-order valence-corrected chi connectivity index (χ3v) is 3.76. The van der Waals surface area contributed by atoms with E-state index in [1.54, 1.807) is 6.07 Å². The Morgan fingerprint density at radius 1 is 1.53 bits per heavy atom. The topological polar surface area (TPSA) is 59.0 Å². The number of halogens is 2. The molecular formula is C12H12BrFN2O. The van der Waals surface area contributed by atoms with Gasteiger partial charge in [-0.05, 0) is 53.4 Å². The number of hydrogen-bond donors (Lipinski definition) is 1. The van der Waals surface area contributed by atoms with Crippen molar-refractivity contribution < 1.29 is 9.13 Å². The standard InChI is InChI=1S/C12H12BrFN2O/c13-11-8(6-16)1-2-10(12(11)14)17-9-3-7(4-9)5-15/h1-2,7,9H,3-5,15H2.